The van der Waals surface area contributed by atoms with Gasteiger partial charge in [0.1, 0.15) is 0 Å². The van der Waals surface area contributed by atoms with E-state index in [9.17, 15) is 18.3 Å². The predicted octanol–water partition coefficient (Wildman–Crippen LogP) is 3.52. The lowest BCUT2D eigenvalue weighted by molar-refractivity contribution is -0.191. The SMILES string of the molecule is CC.CC1(O)CCC(C(F)(F)F)CC1. The summed E-state index contributed by atoms with van der Waals surface area (Å²) in [6.07, 6.45) is -3.42. The van der Waals surface area contributed by atoms with Crippen molar-refractivity contribution in [3.63, 3.8) is 0 Å². The van der Waals surface area contributed by atoms with Crippen LogP contribution in [0.2, 0.25) is 0 Å². The third-order valence-corrected chi connectivity index (χ3v) is 2.53. The summed E-state index contributed by atoms with van der Waals surface area (Å²) in [6.45, 7) is 5.60. The standard InChI is InChI=1S/C8H13F3O.C2H6/c1-7(12)4-2-6(3-5-7)8(9,10)11;1-2/h6,12H,2-5H2,1H3;1-2H3. The molecule has 0 aromatic heterocycles. The number of hydrogen-bond donors (Lipinski definition) is 1. The highest BCUT2D eigenvalue weighted by Gasteiger charge is 2.43. The van der Waals surface area contributed by atoms with Gasteiger partial charge in [-0.3, -0.25) is 0 Å². The Balaban J connectivity index is 0.000000791. The van der Waals surface area contributed by atoms with Gasteiger partial charge in [-0.2, -0.15) is 13.2 Å². The maximum absolute atomic E-state index is 12.1. The first-order chi connectivity index (χ1) is 6.31. The first kappa shape index (κ1) is 13.8. The van der Waals surface area contributed by atoms with Crippen molar-refractivity contribution >= 4 is 0 Å². The quantitative estimate of drug-likeness (QED) is 0.651. The zero-order valence-electron chi connectivity index (χ0n) is 8.99. The Morgan fingerprint density at radius 3 is 1.79 bits per heavy atom. The fraction of sp³-hybridized carbons (Fsp3) is 1.00. The van der Waals surface area contributed by atoms with E-state index in [4.69, 9.17) is 0 Å². The first-order valence-electron chi connectivity index (χ1n) is 5.10. The van der Waals surface area contributed by atoms with Crippen LogP contribution in [-0.2, 0) is 0 Å². The van der Waals surface area contributed by atoms with E-state index in [1.165, 1.54) is 0 Å². The Morgan fingerprint density at radius 1 is 1.14 bits per heavy atom. The molecule has 0 bridgehead atoms. The fourth-order valence-electron chi connectivity index (χ4n) is 1.57. The van der Waals surface area contributed by atoms with E-state index < -0.39 is 17.7 Å². The van der Waals surface area contributed by atoms with Gasteiger partial charge in [0.15, 0.2) is 0 Å². The molecule has 0 unspecified atom stereocenters. The van der Waals surface area contributed by atoms with Crippen molar-refractivity contribution in [2.75, 3.05) is 0 Å². The van der Waals surface area contributed by atoms with Crippen molar-refractivity contribution in [3.05, 3.63) is 0 Å². The van der Waals surface area contributed by atoms with Crippen molar-refractivity contribution in [1.29, 1.82) is 0 Å². The molecule has 1 aliphatic rings. The maximum Gasteiger partial charge on any atom is 0.391 e. The van der Waals surface area contributed by atoms with Crippen LogP contribution in [0, 0.1) is 5.92 Å². The smallest absolute Gasteiger partial charge is 0.390 e. The summed E-state index contributed by atoms with van der Waals surface area (Å²) in [5.74, 6) is -1.20. The molecular formula is C10H19F3O. The minimum atomic E-state index is -4.07. The largest absolute Gasteiger partial charge is 0.391 e. The van der Waals surface area contributed by atoms with E-state index in [0.29, 0.717) is 0 Å². The van der Waals surface area contributed by atoms with Crippen molar-refractivity contribution < 1.29 is 18.3 Å². The van der Waals surface area contributed by atoms with Crippen LogP contribution in [0.3, 0.4) is 0 Å². The second-order valence-corrected chi connectivity index (χ2v) is 3.81. The van der Waals surface area contributed by atoms with E-state index in [1.54, 1.807) is 6.92 Å². The lowest BCUT2D eigenvalue weighted by Crippen LogP contribution is -2.35. The monoisotopic (exact) mass is 212 g/mol. The zero-order chi connectivity index (χ0) is 11.4. The van der Waals surface area contributed by atoms with Crippen LogP contribution in [0.25, 0.3) is 0 Å². The fourth-order valence-corrected chi connectivity index (χ4v) is 1.57. The predicted molar refractivity (Wildman–Crippen MR) is 50.0 cm³/mol. The molecule has 1 nitrogen and oxygen atoms in total. The van der Waals surface area contributed by atoms with E-state index >= 15 is 0 Å². The van der Waals surface area contributed by atoms with Gasteiger partial charge in [-0.15, -0.1) is 0 Å². The molecule has 0 atom stereocenters. The summed E-state index contributed by atoms with van der Waals surface area (Å²) in [5, 5.41) is 9.39. The van der Waals surface area contributed by atoms with Crippen molar-refractivity contribution in [1.82, 2.24) is 0 Å². The maximum atomic E-state index is 12.1. The molecule has 1 saturated carbocycles. The van der Waals surface area contributed by atoms with Crippen LogP contribution >= 0.6 is 0 Å². The minimum Gasteiger partial charge on any atom is -0.390 e. The summed E-state index contributed by atoms with van der Waals surface area (Å²) >= 11 is 0. The molecule has 0 amide bonds. The van der Waals surface area contributed by atoms with E-state index in [2.05, 4.69) is 0 Å². The molecule has 86 valence electrons. The molecule has 0 radical (unpaired) electrons. The van der Waals surface area contributed by atoms with Crippen molar-refractivity contribution in [2.45, 2.75) is 58.2 Å². The van der Waals surface area contributed by atoms with Gasteiger partial charge in [0.05, 0.1) is 11.5 Å². The second-order valence-electron chi connectivity index (χ2n) is 3.81. The highest BCUT2D eigenvalue weighted by molar-refractivity contribution is 4.83. The third-order valence-electron chi connectivity index (χ3n) is 2.53. The Morgan fingerprint density at radius 2 is 1.50 bits per heavy atom. The van der Waals surface area contributed by atoms with Crippen molar-refractivity contribution in [3.8, 4) is 0 Å². The Hall–Kier alpha value is -0.250. The minimum absolute atomic E-state index is 0.0660. The molecule has 0 heterocycles. The molecular weight excluding hydrogens is 193 g/mol. The van der Waals surface area contributed by atoms with Gasteiger partial charge in [-0.05, 0) is 32.6 Å². The number of alkyl halides is 3. The van der Waals surface area contributed by atoms with Crippen LogP contribution in [0.5, 0.6) is 0 Å². The molecule has 0 aromatic carbocycles. The van der Waals surface area contributed by atoms with Crippen LogP contribution < -0.4 is 0 Å². The zero-order valence-corrected chi connectivity index (χ0v) is 8.99. The topological polar surface area (TPSA) is 20.2 Å². The summed E-state index contributed by atoms with van der Waals surface area (Å²) < 4.78 is 36.3. The van der Waals surface area contributed by atoms with Gasteiger partial charge in [0.2, 0.25) is 0 Å². The number of aliphatic hydroxyl groups is 1. The Labute approximate surface area is 83.3 Å². The molecule has 4 heteroatoms. The van der Waals surface area contributed by atoms with E-state index in [-0.39, 0.29) is 25.7 Å². The molecule has 14 heavy (non-hydrogen) atoms. The van der Waals surface area contributed by atoms with Gasteiger partial charge < -0.3 is 5.11 Å². The summed E-state index contributed by atoms with van der Waals surface area (Å²) in [7, 11) is 0. The molecule has 1 rings (SSSR count). The third kappa shape index (κ3) is 4.31. The van der Waals surface area contributed by atoms with Gasteiger partial charge in [-0.1, -0.05) is 13.8 Å². The van der Waals surface area contributed by atoms with E-state index in [0.717, 1.165) is 0 Å². The number of halogens is 3. The lowest BCUT2D eigenvalue weighted by Gasteiger charge is -2.33. The summed E-state index contributed by atoms with van der Waals surface area (Å²) in [4.78, 5) is 0. The number of rotatable bonds is 0. The highest BCUT2D eigenvalue weighted by atomic mass is 19.4. The highest BCUT2D eigenvalue weighted by Crippen LogP contribution is 2.40. The van der Waals surface area contributed by atoms with Crippen molar-refractivity contribution in [2.24, 2.45) is 5.92 Å². The average Bonchev–Trinajstić information content (AvgIpc) is 2.05. The second kappa shape index (κ2) is 5.01. The molecule has 1 N–H and O–H groups in total. The summed E-state index contributed by atoms with van der Waals surface area (Å²) in [6, 6.07) is 0. The van der Waals surface area contributed by atoms with Crippen LogP contribution in [0.15, 0.2) is 0 Å². The molecule has 0 saturated heterocycles. The van der Waals surface area contributed by atoms with Crippen LogP contribution in [0.1, 0.15) is 46.5 Å². The van der Waals surface area contributed by atoms with E-state index in [1.807, 2.05) is 13.8 Å². The molecule has 0 aromatic rings. The summed E-state index contributed by atoms with van der Waals surface area (Å²) in [5.41, 5.74) is -0.873. The molecule has 0 aliphatic heterocycles. The van der Waals surface area contributed by atoms with Gasteiger partial charge >= 0.3 is 6.18 Å². The van der Waals surface area contributed by atoms with Gasteiger partial charge in [0.25, 0.3) is 0 Å². The average molecular weight is 212 g/mol. The van der Waals surface area contributed by atoms with Gasteiger partial charge in [0, 0.05) is 0 Å². The number of hydrogen-bond acceptors (Lipinski definition) is 1. The Bertz CT molecular complexity index is 153. The first-order valence-corrected chi connectivity index (χ1v) is 5.10. The normalized spacial score (nSPS) is 33.2. The lowest BCUT2D eigenvalue weighted by atomic mass is 9.80. The van der Waals surface area contributed by atoms with Gasteiger partial charge in [-0.25, -0.2) is 0 Å². The van der Waals surface area contributed by atoms with Crippen LogP contribution in [-0.4, -0.2) is 16.9 Å². The molecule has 1 fully saturated rings. The molecule has 1 aliphatic carbocycles. The Kier molecular flexibility index (Phi) is 4.92. The molecule has 0 spiro atoms. The van der Waals surface area contributed by atoms with Crippen LogP contribution in [0.4, 0.5) is 13.2 Å².